The van der Waals surface area contributed by atoms with Gasteiger partial charge in [0.15, 0.2) is 0 Å². The second kappa shape index (κ2) is 8.73. The van der Waals surface area contributed by atoms with Crippen LogP contribution >= 0.6 is 0 Å². The van der Waals surface area contributed by atoms with Crippen LogP contribution in [0.1, 0.15) is 21.5 Å². The molecule has 0 aliphatic carbocycles. The molecular formula is C27H19NO. The highest BCUT2D eigenvalue weighted by Crippen LogP contribution is 2.23. The number of carbonyl (C=O) groups excluding carboxylic acids is 1. The summed E-state index contributed by atoms with van der Waals surface area (Å²) in [5.74, 6) is 6.36. The van der Waals surface area contributed by atoms with Crippen molar-refractivity contribution in [1.29, 1.82) is 0 Å². The van der Waals surface area contributed by atoms with Crippen molar-refractivity contribution in [3.05, 3.63) is 126 Å². The van der Waals surface area contributed by atoms with E-state index in [1.165, 1.54) is 0 Å². The zero-order valence-corrected chi connectivity index (χ0v) is 15.8. The molecule has 1 amide bonds. The summed E-state index contributed by atoms with van der Waals surface area (Å²) in [6.07, 6.45) is 0. The first kappa shape index (κ1) is 18.3. The summed E-state index contributed by atoms with van der Waals surface area (Å²) in [6, 6.07) is 35.1. The number of para-hydroxylation sites is 1. The van der Waals surface area contributed by atoms with E-state index < -0.39 is 0 Å². The van der Waals surface area contributed by atoms with E-state index in [1.807, 2.05) is 78.9 Å². The Kier molecular flexibility index (Phi) is 5.50. The van der Waals surface area contributed by atoms with Gasteiger partial charge in [-0.15, -0.1) is 0 Å². The molecule has 1 N–H and O–H groups in total. The van der Waals surface area contributed by atoms with Gasteiger partial charge in [-0.1, -0.05) is 90.7 Å². The lowest BCUT2D eigenvalue weighted by Gasteiger charge is -2.08. The maximum Gasteiger partial charge on any atom is 0.255 e. The van der Waals surface area contributed by atoms with Crippen molar-refractivity contribution in [2.24, 2.45) is 0 Å². The fourth-order valence-electron chi connectivity index (χ4n) is 3.08. The summed E-state index contributed by atoms with van der Waals surface area (Å²) < 4.78 is 0. The third-order valence-electron chi connectivity index (χ3n) is 4.55. The SMILES string of the molecule is O=C(Nc1ccccc1C#Cc1ccccc1-c1ccccc1)c1ccccc1. The summed E-state index contributed by atoms with van der Waals surface area (Å²) in [6.45, 7) is 0. The van der Waals surface area contributed by atoms with E-state index in [0.717, 1.165) is 22.3 Å². The summed E-state index contributed by atoms with van der Waals surface area (Å²) >= 11 is 0. The van der Waals surface area contributed by atoms with Gasteiger partial charge in [0.2, 0.25) is 0 Å². The van der Waals surface area contributed by atoms with Crippen LogP contribution in [-0.2, 0) is 0 Å². The molecule has 0 saturated carbocycles. The highest BCUT2D eigenvalue weighted by atomic mass is 16.1. The van der Waals surface area contributed by atoms with Crippen LogP contribution in [0.15, 0.2) is 109 Å². The normalized spacial score (nSPS) is 9.93. The summed E-state index contributed by atoms with van der Waals surface area (Å²) in [7, 11) is 0. The molecule has 0 saturated heterocycles. The minimum atomic E-state index is -0.149. The van der Waals surface area contributed by atoms with Crippen molar-refractivity contribution < 1.29 is 4.79 Å². The Morgan fingerprint density at radius 2 is 1.14 bits per heavy atom. The summed E-state index contributed by atoms with van der Waals surface area (Å²) in [5, 5.41) is 2.97. The number of anilines is 1. The van der Waals surface area contributed by atoms with Gasteiger partial charge in [-0.25, -0.2) is 0 Å². The summed E-state index contributed by atoms with van der Waals surface area (Å²) in [5.41, 5.74) is 5.26. The smallest absolute Gasteiger partial charge is 0.255 e. The van der Waals surface area contributed by atoms with Gasteiger partial charge in [0.25, 0.3) is 5.91 Å². The van der Waals surface area contributed by atoms with Crippen LogP contribution in [0.4, 0.5) is 5.69 Å². The van der Waals surface area contributed by atoms with Gasteiger partial charge in [0, 0.05) is 16.7 Å². The molecule has 4 rings (SSSR count). The lowest BCUT2D eigenvalue weighted by atomic mass is 10.00. The Morgan fingerprint density at radius 1 is 0.586 bits per heavy atom. The number of rotatable bonds is 3. The molecule has 0 bridgehead atoms. The Balaban J connectivity index is 1.65. The average molecular weight is 373 g/mol. The first-order chi connectivity index (χ1) is 14.3. The van der Waals surface area contributed by atoms with Crippen molar-refractivity contribution in [2.45, 2.75) is 0 Å². The molecule has 0 heterocycles. The van der Waals surface area contributed by atoms with E-state index in [9.17, 15) is 4.79 Å². The van der Waals surface area contributed by atoms with Crippen molar-refractivity contribution in [3.8, 4) is 23.0 Å². The number of amides is 1. The van der Waals surface area contributed by atoms with E-state index >= 15 is 0 Å². The van der Waals surface area contributed by atoms with Gasteiger partial charge in [-0.05, 0) is 41.5 Å². The Hall–Kier alpha value is -4.09. The Morgan fingerprint density at radius 3 is 1.90 bits per heavy atom. The quantitative estimate of drug-likeness (QED) is 0.438. The van der Waals surface area contributed by atoms with Gasteiger partial charge in [-0.2, -0.15) is 0 Å². The van der Waals surface area contributed by atoms with Gasteiger partial charge >= 0.3 is 0 Å². The lowest BCUT2D eigenvalue weighted by molar-refractivity contribution is 0.102. The second-order valence-electron chi connectivity index (χ2n) is 6.53. The number of benzene rings is 4. The van der Waals surface area contributed by atoms with E-state index in [4.69, 9.17) is 0 Å². The molecule has 4 aromatic rings. The van der Waals surface area contributed by atoms with Crippen LogP contribution in [-0.4, -0.2) is 5.91 Å². The number of hydrogen-bond donors (Lipinski definition) is 1. The maximum atomic E-state index is 12.5. The van der Waals surface area contributed by atoms with Crippen LogP contribution in [0.5, 0.6) is 0 Å². The minimum Gasteiger partial charge on any atom is -0.321 e. The lowest BCUT2D eigenvalue weighted by Crippen LogP contribution is -2.12. The van der Waals surface area contributed by atoms with E-state index in [1.54, 1.807) is 12.1 Å². The largest absolute Gasteiger partial charge is 0.321 e. The van der Waals surface area contributed by atoms with Crippen LogP contribution in [0, 0.1) is 11.8 Å². The molecule has 0 fully saturated rings. The van der Waals surface area contributed by atoms with Crippen LogP contribution < -0.4 is 5.32 Å². The highest BCUT2D eigenvalue weighted by molar-refractivity contribution is 6.04. The standard InChI is InChI=1S/C27H19NO/c29-27(24-15-5-2-6-16-24)28-26-18-10-8-14-23(26)20-19-22-13-7-9-17-25(22)21-11-3-1-4-12-21/h1-18H,(H,28,29). The minimum absolute atomic E-state index is 0.149. The molecule has 29 heavy (non-hydrogen) atoms. The predicted molar refractivity (Wildman–Crippen MR) is 119 cm³/mol. The highest BCUT2D eigenvalue weighted by Gasteiger charge is 2.07. The van der Waals surface area contributed by atoms with E-state index in [2.05, 4.69) is 35.4 Å². The molecule has 0 aliphatic rings. The molecular weight excluding hydrogens is 354 g/mol. The molecule has 0 aromatic heterocycles. The van der Waals surface area contributed by atoms with Gasteiger partial charge in [-0.3, -0.25) is 4.79 Å². The molecule has 138 valence electrons. The molecule has 0 unspecified atom stereocenters. The molecule has 0 atom stereocenters. The van der Waals surface area contributed by atoms with Crippen molar-refractivity contribution in [3.63, 3.8) is 0 Å². The zero-order chi connectivity index (χ0) is 19.9. The molecule has 2 heteroatoms. The number of nitrogens with one attached hydrogen (secondary N) is 1. The zero-order valence-electron chi connectivity index (χ0n) is 15.8. The van der Waals surface area contributed by atoms with E-state index in [-0.39, 0.29) is 5.91 Å². The van der Waals surface area contributed by atoms with Crippen molar-refractivity contribution in [1.82, 2.24) is 0 Å². The van der Waals surface area contributed by atoms with Crippen molar-refractivity contribution >= 4 is 11.6 Å². The predicted octanol–water partition coefficient (Wildman–Crippen LogP) is 6.01. The van der Waals surface area contributed by atoms with Crippen LogP contribution in [0.25, 0.3) is 11.1 Å². The number of carbonyl (C=O) groups is 1. The topological polar surface area (TPSA) is 29.1 Å². The first-order valence-electron chi connectivity index (χ1n) is 9.43. The Labute approximate surface area is 170 Å². The average Bonchev–Trinajstić information content (AvgIpc) is 2.80. The summed E-state index contributed by atoms with van der Waals surface area (Å²) in [4.78, 5) is 12.5. The van der Waals surface area contributed by atoms with Gasteiger partial charge < -0.3 is 5.32 Å². The van der Waals surface area contributed by atoms with Crippen LogP contribution in [0.3, 0.4) is 0 Å². The molecule has 2 nitrogen and oxygen atoms in total. The Bertz CT molecular complexity index is 1190. The van der Waals surface area contributed by atoms with E-state index in [0.29, 0.717) is 11.3 Å². The fourth-order valence-corrected chi connectivity index (χ4v) is 3.08. The molecule has 0 radical (unpaired) electrons. The third kappa shape index (κ3) is 4.43. The third-order valence-corrected chi connectivity index (χ3v) is 4.55. The van der Waals surface area contributed by atoms with Gasteiger partial charge in [0.1, 0.15) is 0 Å². The monoisotopic (exact) mass is 373 g/mol. The fraction of sp³-hybridized carbons (Fsp3) is 0. The first-order valence-corrected chi connectivity index (χ1v) is 9.43. The van der Waals surface area contributed by atoms with Gasteiger partial charge in [0.05, 0.1) is 5.69 Å². The molecule has 0 aliphatic heterocycles. The number of hydrogen-bond acceptors (Lipinski definition) is 1. The molecule has 4 aromatic carbocycles. The second-order valence-corrected chi connectivity index (χ2v) is 6.53. The maximum absolute atomic E-state index is 12.5. The van der Waals surface area contributed by atoms with Crippen LogP contribution in [0.2, 0.25) is 0 Å². The van der Waals surface area contributed by atoms with Crippen molar-refractivity contribution in [2.75, 3.05) is 5.32 Å². The molecule has 0 spiro atoms.